The highest BCUT2D eigenvalue weighted by Gasteiger charge is 2.23. The molecule has 10 heteroatoms. The summed E-state index contributed by atoms with van der Waals surface area (Å²) in [7, 11) is 0. The summed E-state index contributed by atoms with van der Waals surface area (Å²) < 4.78 is 15.5. The number of esters is 1. The summed E-state index contributed by atoms with van der Waals surface area (Å²) in [6, 6.07) is 3.87. The summed E-state index contributed by atoms with van der Waals surface area (Å²) in [5.74, 6) is -0.577. The lowest BCUT2D eigenvalue weighted by atomic mass is 10.2. The van der Waals surface area contributed by atoms with Crippen molar-refractivity contribution in [1.82, 2.24) is 9.97 Å². The monoisotopic (exact) mass is 367 g/mol. The maximum atomic E-state index is 11.6. The summed E-state index contributed by atoms with van der Waals surface area (Å²) >= 11 is 5.67. The molecule has 132 valence electrons. The van der Waals surface area contributed by atoms with Crippen LogP contribution in [-0.2, 0) is 9.53 Å². The van der Waals surface area contributed by atoms with Gasteiger partial charge in [0, 0.05) is 0 Å². The van der Waals surface area contributed by atoms with Crippen LogP contribution in [0.15, 0.2) is 30.6 Å². The first kappa shape index (κ1) is 18.4. The van der Waals surface area contributed by atoms with E-state index in [1.165, 1.54) is 31.5 Å². The van der Waals surface area contributed by atoms with Crippen molar-refractivity contribution >= 4 is 23.3 Å². The van der Waals surface area contributed by atoms with Crippen molar-refractivity contribution in [3.05, 3.63) is 45.7 Å². The Morgan fingerprint density at radius 3 is 2.64 bits per heavy atom. The molecule has 0 radical (unpaired) electrons. The van der Waals surface area contributed by atoms with E-state index in [0.29, 0.717) is 5.02 Å². The molecule has 2 aromatic rings. The molecule has 0 saturated carbocycles. The van der Waals surface area contributed by atoms with Gasteiger partial charge in [0.2, 0.25) is 0 Å². The summed E-state index contributed by atoms with van der Waals surface area (Å²) in [6.07, 6.45) is 1.66. The third-order valence-corrected chi connectivity index (χ3v) is 3.05. The lowest BCUT2D eigenvalue weighted by Gasteiger charge is -2.13. The Labute approximate surface area is 147 Å². The van der Waals surface area contributed by atoms with Gasteiger partial charge in [-0.25, -0.2) is 14.8 Å². The SMILES string of the molecule is CCOC(=O)C(C)Oc1ccc(Oc2ncc(Cl)cn2)cc1[N+](=O)[O-]. The second kappa shape index (κ2) is 8.25. The van der Waals surface area contributed by atoms with Gasteiger partial charge in [0.05, 0.1) is 35.0 Å². The number of carbonyl (C=O) groups is 1. The number of carbonyl (C=O) groups excluding carboxylic acids is 1. The van der Waals surface area contributed by atoms with Crippen molar-refractivity contribution in [2.45, 2.75) is 20.0 Å². The number of aromatic nitrogens is 2. The molecule has 0 aliphatic carbocycles. The van der Waals surface area contributed by atoms with Crippen LogP contribution in [0.5, 0.6) is 17.5 Å². The number of rotatable bonds is 7. The Morgan fingerprint density at radius 1 is 1.36 bits per heavy atom. The van der Waals surface area contributed by atoms with Gasteiger partial charge < -0.3 is 14.2 Å². The van der Waals surface area contributed by atoms with Gasteiger partial charge in [-0.15, -0.1) is 0 Å². The van der Waals surface area contributed by atoms with E-state index in [4.69, 9.17) is 25.8 Å². The Bertz CT molecular complexity index is 768. The molecule has 0 amide bonds. The van der Waals surface area contributed by atoms with Gasteiger partial charge in [0.15, 0.2) is 11.9 Å². The van der Waals surface area contributed by atoms with E-state index >= 15 is 0 Å². The summed E-state index contributed by atoms with van der Waals surface area (Å²) in [6.45, 7) is 3.27. The summed E-state index contributed by atoms with van der Waals surface area (Å²) in [4.78, 5) is 29.9. The van der Waals surface area contributed by atoms with Gasteiger partial charge in [0.25, 0.3) is 0 Å². The Morgan fingerprint density at radius 2 is 2.04 bits per heavy atom. The minimum atomic E-state index is -0.995. The lowest BCUT2D eigenvalue weighted by Crippen LogP contribution is -2.26. The zero-order chi connectivity index (χ0) is 18.4. The second-order valence-corrected chi connectivity index (χ2v) is 5.12. The van der Waals surface area contributed by atoms with E-state index in [1.807, 2.05) is 0 Å². The van der Waals surface area contributed by atoms with Crippen LogP contribution < -0.4 is 9.47 Å². The van der Waals surface area contributed by atoms with E-state index in [1.54, 1.807) is 6.92 Å². The third kappa shape index (κ3) is 5.01. The number of hydrogen-bond acceptors (Lipinski definition) is 8. The molecule has 0 N–H and O–H groups in total. The summed E-state index contributed by atoms with van der Waals surface area (Å²) in [5, 5.41) is 11.6. The highest BCUT2D eigenvalue weighted by molar-refractivity contribution is 6.30. The van der Waals surface area contributed by atoms with Gasteiger partial charge >= 0.3 is 17.7 Å². The molecule has 1 heterocycles. The van der Waals surface area contributed by atoms with Crippen molar-refractivity contribution < 1.29 is 23.9 Å². The fourth-order valence-corrected chi connectivity index (χ4v) is 1.86. The van der Waals surface area contributed by atoms with Gasteiger partial charge in [-0.05, 0) is 26.0 Å². The standard InChI is InChI=1S/C15H14ClN3O6/c1-3-23-14(20)9(2)24-13-5-4-11(6-12(13)19(21)22)25-15-17-7-10(16)8-18-15/h4-9H,3H2,1-2H3. The highest BCUT2D eigenvalue weighted by atomic mass is 35.5. The van der Waals surface area contributed by atoms with Crippen LogP contribution in [0.1, 0.15) is 13.8 Å². The van der Waals surface area contributed by atoms with E-state index in [9.17, 15) is 14.9 Å². The molecule has 0 aliphatic heterocycles. The first-order chi connectivity index (χ1) is 11.9. The smallest absolute Gasteiger partial charge is 0.347 e. The minimum absolute atomic E-state index is 0.0211. The van der Waals surface area contributed by atoms with E-state index in [0.717, 1.165) is 6.07 Å². The normalized spacial score (nSPS) is 11.5. The quantitative estimate of drug-likeness (QED) is 0.416. The van der Waals surface area contributed by atoms with Gasteiger partial charge in [0.1, 0.15) is 5.75 Å². The average Bonchev–Trinajstić information content (AvgIpc) is 2.58. The summed E-state index contributed by atoms with van der Waals surface area (Å²) in [5.41, 5.74) is -0.373. The van der Waals surface area contributed by atoms with E-state index in [2.05, 4.69) is 9.97 Å². The molecule has 0 fully saturated rings. The zero-order valence-corrected chi connectivity index (χ0v) is 14.1. The fraction of sp³-hybridized carbons (Fsp3) is 0.267. The third-order valence-electron chi connectivity index (χ3n) is 2.86. The fourth-order valence-electron chi connectivity index (χ4n) is 1.76. The van der Waals surface area contributed by atoms with Gasteiger partial charge in [-0.3, -0.25) is 10.1 Å². The molecule has 0 bridgehead atoms. The van der Waals surface area contributed by atoms with Crippen LogP contribution >= 0.6 is 11.6 Å². The van der Waals surface area contributed by atoms with Gasteiger partial charge in [-0.2, -0.15) is 0 Å². The first-order valence-electron chi connectivity index (χ1n) is 7.17. The molecule has 1 aromatic carbocycles. The molecular weight excluding hydrogens is 354 g/mol. The maximum Gasteiger partial charge on any atom is 0.347 e. The molecule has 0 spiro atoms. The minimum Gasteiger partial charge on any atom is -0.472 e. The predicted molar refractivity (Wildman–Crippen MR) is 86.9 cm³/mol. The zero-order valence-electron chi connectivity index (χ0n) is 13.3. The van der Waals surface area contributed by atoms with Crippen molar-refractivity contribution in [1.29, 1.82) is 0 Å². The van der Waals surface area contributed by atoms with Crippen LogP contribution in [0.3, 0.4) is 0 Å². The average molecular weight is 368 g/mol. The van der Waals surface area contributed by atoms with Crippen LogP contribution in [0, 0.1) is 10.1 Å². The number of ether oxygens (including phenoxy) is 3. The highest BCUT2D eigenvalue weighted by Crippen LogP contribution is 2.33. The van der Waals surface area contributed by atoms with Crippen LogP contribution in [0.25, 0.3) is 0 Å². The molecule has 2 rings (SSSR count). The molecule has 1 unspecified atom stereocenters. The molecule has 25 heavy (non-hydrogen) atoms. The maximum absolute atomic E-state index is 11.6. The number of nitrogens with zero attached hydrogens (tertiary/aromatic N) is 3. The number of halogens is 1. The Hall–Kier alpha value is -2.94. The number of benzene rings is 1. The number of nitro groups is 1. The van der Waals surface area contributed by atoms with E-state index < -0.39 is 17.0 Å². The molecule has 0 aliphatic rings. The van der Waals surface area contributed by atoms with Crippen molar-refractivity contribution in [3.8, 4) is 17.5 Å². The molecule has 9 nitrogen and oxygen atoms in total. The lowest BCUT2D eigenvalue weighted by molar-refractivity contribution is -0.386. The topological polar surface area (TPSA) is 114 Å². The van der Waals surface area contributed by atoms with Gasteiger partial charge in [-0.1, -0.05) is 11.6 Å². The van der Waals surface area contributed by atoms with Crippen molar-refractivity contribution in [2.75, 3.05) is 6.61 Å². The molecular formula is C15H14ClN3O6. The molecule has 0 saturated heterocycles. The molecule has 1 atom stereocenters. The van der Waals surface area contributed by atoms with Crippen LogP contribution in [-0.4, -0.2) is 33.6 Å². The predicted octanol–water partition coefficient (Wildman–Crippen LogP) is 3.16. The van der Waals surface area contributed by atoms with Crippen molar-refractivity contribution in [3.63, 3.8) is 0 Å². The Kier molecular flexibility index (Phi) is 6.07. The van der Waals surface area contributed by atoms with E-state index in [-0.39, 0.29) is 29.8 Å². The number of hydrogen-bond donors (Lipinski definition) is 0. The Balaban J connectivity index is 2.20. The molecule has 1 aromatic heterocycles. The van der Waals surface area contributed by atoms with Crippen molar-refractivity contribution in [2.24, 2.45) is 0 Å². The number of nitro benzene ring substituents is 1. The van der Waals surface area contributed by atoms with Crippen LogP contribution in [0.2, 0.25) is 5.02 Å². The largest absolute Gasteiger partial charge is 0.472 e. The second-order valence-electron chi connectivity index (χ2n) is 4.68. The van der Waals surface area contributed by atoms with Crippen LogP contribution in [0.4, 0.5) is 5.69 Å². The first-order valence-corrected chi connectivity index (χ1v) is 7.55.